The average molecular weight is 417 g/mol. The van der Waals surface area contributed by atoms with Crippen LogP contribution in [0.15, 0.2) is 49.1 Å². The Morgan fingerprint density at radius 1 is 0.733 bits per heavy atom. The maximum atomic E-state index is 4.30. The standard InChI is InChI=1S/C23H38.C3H6.2C2H6/c1-19-11-15-22(16-12-19)10-8-6-4-5-7-9-21(3)23-17-13-20(2)14-18-23;1-3-2;2*1-2/h6-9,19-20,22-23H,3-5,10-18H2,1-2H3;3H,1H2,2H3;2*1-2H3/b8-6-,9-7-;;;. The molecule has 0 aliphatic heterocycles. The van der Waals surface area contributed by atoms with Crippen LogP contribution in [0.25, 0.3) is 0 Å². The zero-order valence-corrected chi connectivity index (χ0v) is 21.9. The lowest BCUT2D eigenvalue weighted by Gasteiger charge is -2.26. The van der Waals surface area contributed by atoms with Crippen LogP contribution >= 0.6 is 0 Å². The Balaban J connectivity index is 0. The van der Waals surface area contributed by atoms with Gasteiger partial charge in [0.05, 0.1) is 0 Å². The van der Waals surface area contributed by atoms with Crippen LogP contribution in [0, 0.1) is 23.7 Å². The van der Waals surface area contributed by atoms with Gasteiger partial charge in [0.2, 0.25) is 0 Å². The predicted molar refractivity (Wildman–Crippen MR) is 142 cm³/mol. The molecule has 0 unspecified atom stereocenters. The molecule has 0 heteroatoms. The van der Waals surface area contributed by atoms with E-state index in [1.165, 1.54) is 76.2 Å². The minimum Gasteiger partial charge on any atom is -0.103 e. The first-order chi connectivity index (χ1) is 14.6. The summed E-state index contributed by atoms with van der Waals surface area (Å²) >= 11 is 0. The number of hydrogen-bond donors (Lipinski definition) is 0. The topological polar surface area (TPSA) is 0 Å². The molecule has 0 aromatic rings. The summed E-state index contributed by atoms with van der Waals surface area (Å²) in [6, 6.07) is 0. The Hall–Kier alpha value is -1.04. The van der Waals surface area contributed by atoms with E-state index in [-0.39, 0.29) is 0 Å². The van der Waals surface area contributed by atoms with Gasteiger partial charge in [-0.05, 0) is 75.5 Å². The molecule has 0 aromatic carbocycles. The molecule has 2 saturated carbocycles. The summed E-state index contributed by atoms with van der Waals surface area (Å²) in [7, 11) is 0. The van der Waals surface area contributed by atoms with E-state index in [0.29, 0.717) is 0 Å². The second kappa shape index (κ2) is 22.6. The number of unbranched alkanes of at least 4 members (excludes halogenated alkanes) is 1. The second-order valence-electron chi connectivity index (χ2n) is 8.75. The molecule has 0 nitrogen and oxygen atoms in total. The quantitative estimate of drug-likeness (QED) is 0.220. The average Bonchev–Trinajstić information content (AvgIpc) is 2.78. The summed E-state index contributed by atoms with van der Waals surface area (Å²) in [5.41, 5.74) is 1.37. The molecule has 0 saturated heterocycles. The van der Waals surface area contributed by atoms with Gasteiger partial charge in [0, 0.05) is 0 Å². The van der Waals surface area contributed by atoms with Gasteiger partial charge in [0.1, 0.15) is 0 Å². The second-order valence-corrected chi connectivity index (χ2v) is 8.75. The van der Waals surface area contributed by atoms with Crippen molar-refractivity contribution in [2.45, 2.75) is 119 Å². The van der Waals surface area contributed by atoms with E-state index in [2.05, 4.69) is 51.3 Å². The highest BCUT2D eigenvalue weighted by Gasteiger charge is 2.19. The van der Waals surface area contributed by atoms with E-state index < -0.39 is 0 Å². The van der Waals surface area contributed by atoms with Gasteiger partial charge in [-0.25, -0.2) is 0 Å². The zero-order valence-electron chi connectivity index (χ0n) is 21.9. The summed E-state index contributed by atoms with van der Waals surface area (Å²) in [5, 5.41) is 0. The van der Waals surface area contributed by atoms with Crippen molar-refractivity contribution in [2.75, 3.05) is 0 Å². The summed E-state index contributed by atoms with van der Waals surface area (Å²) in [5.74, 6) is 3.62. The first-order valence-corrected chi connectivity index (χ1v) is 13.1. The van der Waals surface area contributed by atoms with Crippen LogP contribution in [0.5, 0.6) is 0 Å². The predicted octanol–water partition coefficient (Wildman–Crippen LogP) is 10.7. The van der Waals surface area contributed by atoms with Crippen molar-refractivity contribution in [2.24, 2.45) is 23.7 Å². The van der Waals surface area contributed by atoms with E-state index in [0.717, 1.165) is 23.7 Å². The molecule has 0 bridgehead atoms. The Bertz CT molecular complexity index is 423. The first kappa shape index (κ1) is 31.1. The molecule has 0 atom stereocenters. The minimum absolute atomic E-state index is 0.756. The third-order valence-corrected chi connectivity index (χ3v) is 6.14. The highest BCUT2D eigenvalue weighted by Crippen LogP contribution is 2.33. The molecular weight excluding hydrogens is 360 g/mol. The SMILES string of the molecule is C=C(/C=C\CC/C=C\CC1CCC(C)CC1)C1CCC(C)CC1.C=CC.CC.CC. The van der Waals surface area contributed by atoms with Crippen molar-refractivity contribution in [3.05, 3.63) is 49.1 Å². The van der Waals surface area contributed by atoms with Crippen LogP contribution < -0.4 is 0 Å². The third kappa shape index (κ3) is 16.7. The van der Waals surface area contributed by atoms with Gasteiger partial charge in [0.25, 0.3) is 0 Å². The fourth-order valence-corrected chi connectivity index (χ4v) is 4.17. The molecule has 2 rings (SSSR count). The molecule has 2 aliphatic carbocycles. The van der Waals surface area contributed by atoms with Crippen molar-refractivity contribution < 1.29 is 0 Å². The van der Waals surface area contributed by atoms with Gasteiger partial charge in [0.15, 0.2) is 0 Å². The molecule has 2 aliphatic rings. The van der Waals surface area contributed by atoms with E-state index >= 15 is 0 Å². The van der Waals surface area contributed by atoms with Gasteiger partial charge < -0.3 is 0 Å². The Kier molecular flexibility index (Phi) is 23.5. The molecule has 0 radical (unpaired) electrons. The minimum atomic E-state index is 0.756. The molecule has 2 fully saturated rings. The monoisotopic (exact) mass is 416 g/mol. The van der Waals surface area contributed by atoms with Gasteiger partial charge in [-0.2, -0.15) is 0 Å². The van der Waals surface area contributed by atoms with Crippen molar-refractivity contribution in [1.29, 1.82) is 0 Å². The van der Waals surface area contributed by atoms with Crippen molar-refractivity contribution >= 4 is 0 Å². The van der Waals surface area contributed by atoms with Crippen LogP contribution in [0.1, 0.15) is 119 Å². The fourth-order valence-electron chi connectivity index (χ4n) is 4.17. The van der Waals surface area contributed by atoms with Crippen LogP contribution in [-0.2, 0) is 0 Å². The van der Waals surface area contributed by atoms with E-state index in [4.69, 9.17) is 0 Å². The summed E-state index contributed by atoms with van der Waals surface area (Å²) in [6.07, 6.45) is 26.2. The van der Waals surface area contributed by atoms with E-state index in [1.54, 1.807) is 6.08 Å². The molecule has 176 valence electrons. The van der Waals surface area contributed by atoms with Crippen molar-refractivity contribution in [3.63, 3.8) is 0 Å². The normalized spacial score (nSPS) is 25.8. The lowest BCUT2D eigenvalue weighted by molar-refractivity contribution is 0.292. The van der Waals surface area contributed by atoms with Gasteiger partial charge in [-0.15, -0.1) is 6.58 Å². The van der Waals surface area contributed by atoms with Gasteiger partial charge in [-0.1, -0.05) is 110 Å². The highest BCUT2D eigenvalue weighted by atomic mass is 14.2. The number of allylic oxidation sites excluding steroid dienone is 6. The Labute approximate surface area is 192 Å². The molecule has 0 N–H and O–H groups in total. The molecular formula is C30H56. The maximum Gasteiger partial charge on any atom is -0.0168 e. The van der Waals surface area contributed by atoms with E-state index in [9.17, 15) is 0 Å². The lowest BCUT2D eigenvalue weighted by Crippen LogP contribution is -2.12. The first-order valence-electron chi connectivity index (χ1n) is 13.1. The maximum absolute atomic E-state index is 4.30. The van der Waals surface area contributed by atoms with Crippen LogP contribution in [0.2, 0.25) is 0 Å². The molecule has 0 heterocycles. The number of hydrogen-bond acceptors (Lipinski definition) is 0. The van der Waals surface area contributed by atoms with Crippen molar-refractivity contribution in [1.82, 2.24) is 0 Å². The Morgan fingerprint density at radius 2 is 1.17 bits per heavy atom. The largest absolute Gasteiger partial charge is 0.103 e. The summed E-state index contributed by atoms with van der Waals surface area (Å²) in [4.78, 5) is 0. The van der Waals surface area contributed by atoms with Crippen molar-refractivity contribution in [3.8, 4) is 0 Å². The van der Waals surface area contributed by atoms with Crippen LogP contribution in [0.4, 0.5) is 0 Å². The highest BCUT2D eigenvalue weighted by molar-refractivity contribution is 5.18. The van der Waals surface area contributed by atoms with E-state index in [1.807, 2.05) is 34.6 Å². The van der Waals surface area contributed by atoms with Crippen LogP contribution in [0.3, 0.4) is 0 Å². The molecule has 0 spiro atoms. The summed E-state index contributed by atoms with van der Waals surface area (Å²) < 4.78 is 0. The third-order valence-electron chi connectivity index (χ3n) is 6.14. The lowest BCUT2D eigenvalue weighted by atomic mass is 9.79. The van der Waals surface area contributed by atoms with Gasteiger partial charge in [-0.3, -0.25) is 0 Å². The van der Waals surface area contributed by atoms with Gasteiger partial charge >= 0.3 is 0 Å². The summed E-state index contributed by atoms with van der Waals surface area (Å²) in [6.45, 7) is 22.3. The van der Waals surface area contributed by atoms with Crippen LogP contribution in [-0.4, -0.2) is 0 Å². The zero-order chi connectivity index (χ0) is 23.2. The fraction of sp³-hybridized carbons (Fsp3) is 0.733. The number of rotatable bonds is 7. The molecule has 0 aromatic heterocycles. The molecule has 0 amide bonds. The smallest absolute Gasteiger partial charge is 0.0168 e. The Morgan fingerprint density at radius 3 is 1.67 bits per heavy atom. The molecule has 30 heavy (non-hydrogen) atoms.